The summed E-state index contributed by atoms with van der Waals surface area (Å²) in [5.41, 5.74) is 4.67. The van der Waals surface area contributed by atoms with E-state index in [0.717, 1.165) is 23.7 Å². The molecule has 0 spiro atoms. The Morgan fingerprint density at radius 2 is 1.42 bits per heavy atom. The van der Waals surface area contributed by atoms with E-state index in [1.807, 2.05) is 0 Å². The molecule has 0 amide bonds. The molecule has 0 saturated heterocycles. The van der Waals surface area contributed by atoms with Gasteiger partial charge in [-0.1, -0.05) is 99.7 Å². The van der Waals surface area contributed by atoms with Crippen molar-refractivity contribution >= 4 is 13.9 Å². The Kier molecular flexibility index (Phi) is 7.61. The maximum atomic E-state index is 7.02. The summed E-state index contributed by atoms with van der Waals surface area (Å²) in [6, 6.07) is 24.6. The Balaban J connectivity index is 2.59. The molecule has 0 aliphatic rings. The molecule has 0 saturated carbocycles. The Morgan fingerprint density at radius 1 is 0.923 bits per heavy atom. The number of allylic oxidation sites excluding steroid dienone is 2. The fourth-order valence-electron chi connectivity index (χ4n) is 3.40. The standard InChI is InChI=1S/C24H32OSi/c1-6-26(7-2,8-3)25-24(22-17-13-10-14-18-22)23(19-20(4)5)21-15-11-9-12-16-21/h9-19,24H,4,6-8H2,1-3,5H3/b23-19+. The van der Waals surface area contributed by atoms with Crippen molar-refractivity contribution in [1.29, 1.82) is 0 Å². The number of hydrogen-bond donors (Lipinski definition) is 0. The lowest BCUT2D eigenvalue weighted by Gasteiger charge is -2.35. The molecule has 0 aromatic heterocycles. The van der Waals surface area contributed by atoms with E-state index in [1.54, 1.807) is 0 Å². The first-order valence-electron chi connectivity index (χ1n) is 9.70. The first-order chi connectivity index (χ1) is 12.5. The predicted molar refractivity (Wildman–Crippen MR) is 117 cm³/mol. The zero-order valence-electron chi connectivity index (χ0n) is 16.7. The maximum absolute atomic E-state index is 7.02. The van der Waals surface area contributed by atoms with Crippen molar-refractivity contribution in [3.05, 3.63) is 90.0 Å². The summed E-state index contributed by atoms with van der Waals surface area (Å²) in [4.78, 5) is 0. The van der Waals surface area contributed by atoms with E-state index in [1.165, 1.54) is 16.7 Å². The van der Waals surface area contributed by atoms with Gasteiger partial charge >= 0.3 is 0 Å². The molecule has 0 aliphatic carbocycles. The lowest BCUT2D eigenvalue weighted by atomic mass is 9.94. The molecular formula is C24H32OSi. The molecule has 0 aliphatic heterocycles. The highest BCUT2D eigenvalue weighted by Gasteiger charge is 2.34. The molecule has 1 nitrogen and oxygen atoms in total. The van der Waals surface area contributed by atoms with Crippen LogP contribution >= 0.6 is 0 Å². The second-order valence-corrected chi connectivity index (χ2v) is 11.7. The minimum Gasteiger partial charge on any atom is -0.406 e. The van der Waals surface area contributed by atoms with Gasteiger partial charge in [0.05, 0.1) is 6.10 Å². The van der Waals surface area contributed by atoms with Crippen LogP contribution in [0.5, 0.6) is 0 Å². The van der Waals surface area contributed by atoms with E-state index in [4.69, 9.17) is 4.43 Å². The average molecular weight is 365 g/mol. The largest absolute Gasteiger partial charge is 0.406 e. The van der Waals surface area contributed by atoms with Crippen molar-refractivity contribution in [3.8, 4) is 0 Å². The first-order valence-corrected chi connectivity index (χ1v) is 12.2. The molecule has 0 heterocycles. The van der Waals surface area contributed by atoms with Crippen LogP contribution in [0.15, 0.2) is 78.9 Å². The Morgan fingerprint density at radius 3 is 1.88 bits per heavy atom. The van der Waals surface area contributed by atoms with E-state index < -0.39 is 8.32 Å². The highest BCUT2D eigenvalue weighted by molar-refractivity contribution is 6.73. The van der Waals surface area contributed by atoms with Crippen LogP contribution in [0.1, 0.15) is 44.9 Å². The minimum atomic E-state index is -1.78. The summed E-state index contributed by atoms with van der Waals surface area (Å²) >= 11 is 0. The fourth-order valence-corrected chi connectivity index (χ4v) is 6.16. The molecule has 26 heavy (non-hydrogen) atoms. The molecule has 138 valence electrons. The zero-order valence-corrected chi connectivity index (χ0v) is 17.7. The van der Waals surface area contributed by atoms with Gasteiger partial charge in [-0.25, -0.2) is 0 Å². The van der Waals surface area contributed by atoms with Gasteiger partial charge < -0.3 is 4.43 Å². The van der Waals surface area contributed by atoms with Gasteiger partial charge in [0.15, 0.2) is 8.32 Å². The topological polar surface area (TPSA) is 9.23 Å². The second kappa shape index (κ2) is 9.70. The monoisotopic (exact) mass is 364 g/mol. The SMILES string of the molecule is C=C(C)/C=C(\c1ccccc1)C(O[Si](CC)(CC)CC)c1ccccc1. The van der Waals surface area contributed by atoms with Crippen molar-refractivity contribution < 1.29 is 4.43 Å². The summed E-state index contributed by atoms with van der Waals surface area (Å²) in [5.74, 6) is 0. The van der Waals surface area contributed by atoms with E-state index >= 15 is 0 Å². The van der Waals surface area contributed by atoms with Crippen LogP contribution in [0.25, 0.3) is 5.57 Å². The molecular weight excluding hydrogens is 332 g/mol. The molecule has 2 heteroatoms. The average Bonchev–Trinajstić information content (AvgIpc) is 2.69. The third-order valence-corrected chi connectivity index (χ3v) is 9.80. The number of hydrogen-bond acceptors (Lipinski definition) is 1. The molecule has 0 N–H and O–H groups in total. The van der Waals surface area contributed by atoms with Crippen LogP contribution in [0, 0.1) is 0 Å². The van der Waals surface area contributed by atoms with Crippen LogP contribution in [-0.4, -0.2) is 8.32 Å². The van der Waals surface area contributed by atoms with Crippen molar-refractivity contribution in [1.82, 2.24) is 0 Å². The smallest absolute Gasteiger partial charge is 0.193 e. The summed E-state index contributed by atoms with van der Waals surface area (Å²) in [6.45, 7) is 13.0. The van der Waals surface area contributed by atoms with E-state index in [-0.39, 0.29) is 6.10 Å². The lowest BCUT2D eigenvalue weighted by molar-refractivity contribution is 0.247. The normalized spacial score (nSPS) is 13.5. The zero-order chi connectivity index (χ0) is 19.0. The minimum absolute atomic E-state index is 0.0539. The lowest BCUT2D eigenvalue weighted by Crippen LogP contribution is -2.37. The van der Waals surface area contributed by atoms with Gasteiger partial charge in [-0.15, -0.1) is 0 Å². The quantitative estimate of drug-likeness (QED) is 0.332. The van der Waals surface area contributed by atoms with Crippen LogP contribution in [0.2, 0.25) is 18.1 Å². The number of rotatable bonds is 9. The first kappa shape index (κ1) is 20.4. The molecule has 2 aromatic rings. The van der Waals surface area contributed by atoms with E-state index in [9.17, 15) is 0 Å². The highest BCUT2D eigenvalue weighted by Crippen LogP contribution is 2.39. The van der Waals surface area contributed by atoms with Gasteiger partial charge in [0, 0.05) is 0 Å². The second-order valence-electron chi connectivity index (χ2n) is 6.96. The van der Waals surface area contributed by atoms with Crippen molar-refractivity contribution in [2.45, 2.75) is 51.9 Å². The maximum Gasteiger partial charge on any atom is 0.193 e. The molecule has 0 fully saturated rings. The predicted octanol–water partition coefficient (Wildman–Crippen LogP) is 7.41. The van der Waals surface area contributed by atoms with Crippen LogP contribution in [0.3, 0.4) is 0 Å². The molecule has 2 rings (SSSR count). The van der Waals surface area contributed by atoms with Crippen LogP contribution < -0.4 is 0 Å². The van der Waals surface area contributed by atoms with Gasteiger partial charge in [-0.3, -0.25) is 0 Å². The Labute approximate surface area is 160 Å². The van der Waals surface area contributed by atoms with Gasteiger partial charge in [0.1, 0.15) is 0 Å². The highest BCUT2D eigenvalue weighted by atomic mass is 28.4. The van der Waals surface area contributed by atoms with E-state index in [0.29, 0.717) is 0 Å². The Bertz CT molecular complexity index is 706. The molecule has 0 radical (unpaired) electrons. The van der Waals surface area contributed by atoms with Gasteiger partial charge in [-0.2, -0.15) is 0 Å². The van der Waals surface area contributed by atoms with Crippen LogP contribution in [-0.2, 0) is 4.43 Å². The molecule has 1 unspecified atom stereocenters. The summed E-state index contributed by atoms with van der Waals surface area (Å²) in [5, 5.41) is 0. The van der Waals surface area contributed by atoms with Crippen molar-refractivity contribution in [3.63, 3.8) is 0 Å². The Hall–Kier alpha value is -1.90. The molecule has 2 aromatic carbocycles. The summed E-state index contributed by atoms with van der Waals surface area (Å²) in [6.07, 6.45) is 2.13. The fraction of sp³-hybridized carbons (Fsp3) is 0.333. The number of benzene rings is 2. The van der Waals surface area contributed by atoms with Gasteiger partial charge in [0.2, 0.25) is 0 Å². The summed E-state index contributed by atoms with van der Waals surface area (Å²) < 4.78 is 7.02. The third-order valence-electron chi connectivity index (χ3n) is 5.19. The van der Waals surface area contributed by atoms with Crippen LogP contribution in [0.4, 0.5) is 0 Å². The molecule has 0 bridgehead atoms. The van der Waals surface area contributed by atoms with Gasteiger partial charge in [-0.05, 0) is 41.8 Å². The third kappa shape index (κ3) is 5.06. The van der Waals surface area contributed by atoms with Gasteiger partial charge in [0.25, 0.3) is 0 Å². The van der Waals surface area contributed by atoms with E-state index in [2.05, 4.69) is 101 Å². The van der Waals surface area contributed by atoms with Crippen molar-refractivity contribution in [2.75, 3.05) is 0 Å². The van der Waals surface area contributed by atoms with Crippen molar-refractivity contribution in [2.24, 2.45) is 0 Å². The molecule has 1 atom stereocenters. The summed E-state index contributed by atoms with van der Waals surface area (Å²) in [7, 11) is -1.78.